The fourth-order valence-electron chi connectivity index (χ4n) is 11.3. The fourth-order valence-corrected chi connectivity index (χ4v) is 11.3. The van der Waals surface area contributed by atoms with Gasteiger partial charge in [-0.15, -0.1) is 0 Å². The quantitative estimate of drug-likeness (QED) is 0.0343. The molecule has 0 N–H and O–H groups in total. The van der Waals surface area contributed by atoms with Crippen molar-refractivity contribution in [1.82, 2.24) is 0 Å². The standard InChI is InChI=1S/C71H138O6/c1-4-7-10-13-16-19-22-25-27-29-30-31-32-33-34-35-36-37-38-39-40-42-43-46-49-52-55-58-61-64-70(73)76-67-68(66-75-69(72)63-60-57-54-51-48-45-24-21-18-15-12-9-6-3)77-71(74)65-62-59-56-53-50-47-44-41-28-26-23-20-17-14-11-8-5-2/h68H,4-67H2,1-3H3. The lowest BCUT2D eigenvalue weighted by Gasteiger charge is -2.18. The number of carbonyl (C=O) groups is 3. The molecule has 0 aliphatic rings. The first-order valence-corrected chi connectivity index (χ1v) is 35.5. The van der Waals surface area contributed by atoms with Gasteiger partial charge in [0.2, 0.25) is 0 Å². The number of hydrogen-bond donors (Lipinski definition) is 0. The molecular weight excluding hydrogens is 949 g/mol. The van der Waals surface area contributed by atoms with E-state index in [4.69, 9.17) is 14.2 Å². The lowest BCUT2D eigenvalue weighted by Crippen LogP contribution is -2.30. The van der Waals surface area contributed by atoms with Crippen molar-refractivity contribution in [3.05, 3.63) is 0 Å². The molecule has 6 heteroatoms. The second-order valence-electron chi connectivity index (χ2n) is 24.5. The van der Waals surface area contributed by atoms with Crippen LogP contribution in [0.1, 0.15) is 419 Å². The van der Waals surface area contributed by atoms with Gasteiger partial charge in [-0.2, -0.15) is 0 Å². The molecular formula is C71H138O6. The van der Waals surface area contributed by atoms with Gasteiger partial charge in [0.25, 0.3) is 0 Å². The Kier molecular flexibility index (Phi) is 65.5. The fraction of sp³-hybridized carbons (Fsp3) is 0.958. The van der Waals surface area contributed by atoms with E-state index in [2.05, 4.69) is 20.8 Å². The van der Waals surface area contributed by atoms with Crippen molar-refractivity contribution in [2.75, 3.05) is 13.2 Å². The van der Waals surface area contributed by atoms with Crippen molar-refractivity contribution in [2.24, 2.45) is 0 Å². The van der Waals surface area contributed by atoms with Gasteiger partial charge in [-0.05, 0) is 19.3 Å². The largest absolute Gasteiger partial charge is 0.462 e. The summed E-state index contributed by atoms with van der Waals surface area (Å²) in [4.78, 5) is 38.4. The molecule has 0 spiro atoms. The molecule has 0 aromatic rings. The Hall–Kier alpha value is -1.59. The monoisotopic (exact) mass is 1090 g/mol. The molecule has 0 fully saturated rings. The maximum absolute atomic E-state index is 12.9. The first-order chi connectivity index (χ1) is 38.0. The second kappa shape index (κ2) is 66.9. The van der Waals surface area contributed by atoms with Gasteiger partial charge in [-0.25, -0.2) is 0 Å². The van der Waals surface area contributed by atoms with Crippen molar-refractivity contribution in [3.63, 3.8) is 0 Å². The average molecular weight is 1090 g/mol. The normalized spacial score (nSPS) is 11.9. The molecule has 0 saturated heterocycles. The molecule has 1 atom stereocenters. The molecule has 0 aliphatic heterocycles. The van der Waals surface area contributed by atoms with Gasteiger partial charge in [0, 0.05) is 19.3 Å². The predicted molar refractivity (Wildman–Crippen MR) is 335 cm³/mol. The highest BCUT2D eigenvalue weighted by molar-refractivity contribution is 5.71. The zero-order valence-electron chi connectivity index (χ0n) is 52.8. The van der Waals surface area contributed by atoms with Crippen molar-refractivity contribution in [2.45, 2.75) is 425 Å². The topological polar surface area (TPSA) is 78.9 Å². The van der Waals surface area contributed by atoms with E-state index in [9.17, 15) is 14.4 Å². The zero-order valence-corrected chi connectivity index (χ0v) is 52.8. The summed E-state index contributed by atoms with van der Waals surface area (Å²) in [6.45, 7) is 6.74. The van der Waals surface area contributed by atoms with E-state index in [-0.39, 0.29) is 31.1 Å². The van der Waals surface area contributed by atoms with E-state index < -0.39 is 6.10 Å². The van der Waals surface area contributed by atoms with Crippen LogP contribution in [0.5, 0.6) is 0 Å². The van der Waals surface area contributed by atoms with Gasteiger partial charge in [0.1, 0.15) is 13.2 Å². The smallest absolute Gasteiger partial charge is 0.306 e. The van der Waals surface area contributed by atoms with Crippen LogP contribution in [-0.4, -0.2) is 37.2 Å². The maximum atomic E-state index is 12.9. The summed E-state index contributed by atoms with van der Waals surface area (Å²) in [7, 11) is 0. The third-order valence-corrected chi connectivity index (χ3v) is 16.6. The lowest BCUT2D eigenvalue weighted by molar-refractivity contribution is -0.167. The number of hydrogen-bond acceptors (Lipinski definition) is 6. The number of rotatable bonds is 67. The van der Waals surface area contributed by atoms with Gasteiger partial charge in [-0.1, -0.05) is 380 Å². The number of carbonyl (C=O) groups excluding carboxylic acids is 3. The van der Waals surface area contributed by atoms with Crippen LogP contribution in [0, 0.1) is 0 Å². The Balaban J connectivity index is 4.12. The van der Waals surface area contributed by atoms with Crippen molar-refractivity contribution < 1.29 is 28.6 Å². The van der Waals surface area contributed by atoms with Crippen LogP contribution in [-0.2, 0) is 28.6 Å². The SMILES string of the molecule is CCCCCCCCCCCCCCCCCCCCCCCCCCCCCCCC(=O)OCC(COC(=O)CCCCCCCCCCCCCCC)OC(=O)CCCCCCCCCCCCCCCCCCC. The van der Waals surface area contributed by atoms with E-state index in [0.717, 1.165) is 57.8 Å². The summed E-state index contributed by atoms with van der Waals surface area (Å²) < 4.78 is 17.0. The molecule has 0 saturated carbocycles. The van der Waals surface area contributed by atoms with E-state index >= 15 is 0 Å². The Morgan fingerprint density at radius 3 is 0.519 bits per heavy atom. The van der Waals surface area contributed by atoms with Crippen LogP contribution in [0.25, 0.3) is 0 Å². The zero-order chi connectivity index (χ0) is 55.7. The highest BCUT2D eigenvalue weighted by Gasteiger charge is 2.19. The van der Waals surface area contributed by atoms with E-state index in [1.807, 2.05) is 0 Å². The molecule has 0 aromatic carbocycles. The minimum absolute atomic E-state index is 0.0603. The Bertz CT molecular complexity index is 1160. The van der Waals surface area contributed by atoms with E-state index in [1.54, 1.807) is 0 Å². The van der Waals surface area contributed by atoms with Crippen LogP contribution in [0.3, 0.4) is 0 Å². The van der Waals surface area contributed by atoms with Gasteiger partial charge in [0.15, 0.2) is 6.10 Å². The van der Waals surface area contributed by atoms with Crippen molar-refractivity contribution in [1.29, 1.82) is 0 Å². The summed E-state index contributed by atoms with van der Waals surface area (Å²) in [6.07, 6.45) is 78.6. The minimum Gasteiger partial charge on any atom is -0.462 e. The summed E-state index contributed by atoms with van der Waals surface area (Å²) >= 11 is 0. The second-order valence-corrected chi connectivity index (χ2v) is 24.5. The first kappa shape index (κ1) is 75.4. The molecule has 0 aliphatic carbocycles. The van der Waals surface area contributed by atoms with Gasteiger partial charge >= 0.3 is 17.9 Å². The molecule has 0 heterocycles. The molecule has 77 heavy (non-hydrogen) atoms. The summed E-state index contributed by atoms with van der Waals surface area (Å²) in [5.74, 6) is -0.822. The van der Waals surface area contributed by atoms with Crippen LogP contribution in [0.2, 0.25) is 0 Å². The van der Waals surface area contributed by atoms with Crippen LogP contribution < -0.4 is 0 Å². The molecule has 0 radical (unpaired) electrons. The van der Waals surface area contributed by atoms with Crippen LogP contribution >= 0.6 is 0 Å². The highest BCUT2D eigenvalue weighted by atomic mass is 16.6. The Morgan fingerprint density at radius 1 is 0.208 bits per heavy atom. The maximum Gasteiger partial charge on any atom is 0.306 e. The Labute approximate surface area is 482 Å². The molecule has 0 aromatic heterocycles. The van der Waals surface area contributed by atoms with Crippen molar-refractivity contribution >= 4 is 17.9 Å². The first-order valence-electron chi connectivity index (χ1n) is 35.5. The van der Waals surface area contributed by atoms with Gasteiger partial charge < -0.3 is 14.2 Å². The van der Waals surface area contributed by atoms with Crippen molar-refractivity contribution in [3.8, 4) is 0 Å². The number of esters is 3. The van der Waals surface area contributed by atoms with Crippen LogP contribution in [0.4, 0.5) is 0 Å². The summed E-state index contributed by atoms with van der Waals surface area (Å²) in [5, 5.41) is 0. The van der Waals surface area contributed by atoms with Gasteiger partial charge in [0.05, 0.1) is 0 Å². The third-order valence-electron chi connectivity index (χ3n) is 16.6. The lowest BCUT2D eigenvalue weighted by atomic mass is 10.0. The minimum atomic E-state index is -0.763. The molecule has 0 rings (SSSR count). The highest BCUT2D eigenvalue weighted by Crippen LogP contribution is 2.19. The van der Waals surface area contributed by atoms with E-state index in [1.165, 1.54) is 321 Å². The van der Waals surface area contributed by atoms with Crippen LogP contribution in [0.15, 0.2) is 0 Å². The number of ether oxygens (including phenoxy) is 3. The molecule has 0 bridgehead atoms. The number of unbranched alkanes of at least 4 members (excludes halogenated alkanes) is 56. The van der Waals surface area contributed by atoms with E-state index in [0.29, 0.717) is 19.3 Å². The molecule has 1 unspecified atom stereocenters. The third kappa shape index (κ3) is 65.1. The average Bonchev–Trinajstić information content (AvgIpc) is 3.43. The molecule has 0 amide bonds. The summed E-state index contributed by atoms with van der Waals surface area (Å²) in [6, 6.07) is 0. The Morgan fingerprint density at radius 2 is 0.351 bits per heavy atom. The molecule has 6 nitrogen and oxygen atoms in total. The van der Waals surface area contributed by atoms with Gasteiger partial charge in [-0.3, -0.25) is 14.4 Å². The predicted octanol–water partition coefficient (Wildman–Crippen LogP) is 24.2. The summed E-state index contributed by atoms with van der Waals surface area (Å²) in [5.41, 5.74) is 0. The molecule has 458 valence electrons.